The summed E-state index contributed by atoms with van der Waals surface area (Å²) < 4.78 is 51.8. The van der Waals surface area contributed by atoms with Crippen LogP contribution >= 0.6 is 23.1 Å². The highest BCUT2D eigenvalue weighted by Crippen LogP contribution is 2.31. The predicted molar refractivity (Wildman–Crippen MR) is 118 cm³/mol. The molecule has 0 N–H and O–H groups in total. The van der Waals surface area contributed by atoms with Crippen LogP contribution in [0.15, 0.2) is 53.8 Å². The molecule has 160 valence electrons. The summed E-state index contributed by atoms with van der Waals surface area (Å²) in [5.74, 6) is 0.00646. The van der Waals surface area contributed by atoms with Gasteiger partial charge in [0.2, 0.25) is 5.13 Å². The van der Waals surface area contributed by atoms with E-state index in [9.17, 15) is 12.8 Å². The first-order valence-electron chi connectivity index (χ1n) is 8.98. The fourth-order valence-corrected chi connectivity index (χ4v) is 5.47. The molecule has 0 aliphatic heterocycles. The number of hydrogen-bond acceptors (Lipinski definition) is 7. The molecule has 2 aromatic heterocycles. The lowest BCUT2D eigenvalue weighted by atomic mass is 10.1. The Labute approximate surface area is 187 Å². The number of nitrogens with zero attached hydrogens (tertiary/aromatic N) is 4. The molecule has 2 aromatic carbocycles. The normalized spacial score (nSPS) is 11.6. The Kier molecular flexibility index (Phi) is 5.78. The molecule has 7 nitrogen and oxygen atoms in total. The Morgan fingerprint density at radius 2 is 1.97 bits per heavy atom. The zero-order valence-electron chi connectivity index (χ0n) is 16.4. The molecular formula is C20H16ClFN4O3S2. The zero-order chi connectivity index (χ0) is 22.2. The number of pyridine rings is 1. The number of rotatable bonds is 6. The molecule has 11 heteroatoms. The van der Waals surface area contributed by atoms with Gasteiger partial charge in [0.25, 0.3) is 10.0 Å². The van der Waals surface area contributed by atoms with Crippen molar-refractivity contribution in [1.29, 1.82) is 0 Å². The van der Waals surface area contributed by atoms with Crippen molar-refractivity contribution in [3.05, 3.63) is 71.0 Å². The van der Waals surface area contributed by atoms with Gasteiger partial charge in [0.15, 0.2) is 0 Å². The Morgan fingerprint density at radius 1 is 1.16 bits per heavy atom. The standard InChI is InChI=1S/C20H16ClFN4O3S2/c1-12-7-14(29-2)4-3-13(12)10-26(20-24-11-25-30-20)31(27,28)15-5-6-16-17(8-15)18(22)9-23-19(16)21/h3-9,11H,10H2,1-2H3. The third-order valence-corrected chi connectivity index (χ3v) is 7.61. The van der Waals surface area contributed by atoms with E-state index in [1.165, 1.54) is 24.5 Å². The Balaban J connectivity index is 1.82. The van der Waals surface area contributed by atoms with E-state index in [1.54, 1.807) is 19.2 Å². The molecular weight excluding hydrogens is 463 g/mol. The number of sulfonamides is 1. The van der Waals surface area contributed by atoms with Crippen LogP contribution in [-0.4, -0.2) is 29.9 Å². The molecule has 0 saturated carbocycles. The van der Waals surface area contributed by atoms with Gasteiger partial charge in [-0.2, -0.15) is 4.37 Å². The van der Waals surface area contributed by atoms with Crippen molar-refractivity contribution in [2.75, 3.05) is 11.4 Å². The van der Waals surface area contributed by atoms with Gasteiger partial charge >= 0.3 is 0 Å². The lowest BCUT2D eigenvalue weighted by Crippen LogP contribution is -2.30. The molecule has 0 bridgehead atoms. The molecule has 0 aliphatic carbocycles. The summed E-state index contributed by atoms with van der Waals surface area (Å²) in [6.07, 6.45) is 2.25. The minimum Gasteiger partial charge on any atom is -0.497 e. The number of fused-ring (bicyclic) bond motifs is 1. The van der Waals surface area contributed by atoms with Gasteiger partial charge < -0.3 is 4.74 Å². The van der Waals surface area contributed by atoms with Gasteiger partial charge in [-0.15, -0.1) is 0 Å². The first kappa shape index (κ1) is 21.4. The maximum atomic E-state index is 14.3. The lowest BCUT2D eigenvalue weighted by molar-refractivity contribution is 0.414. The van der Waals surface area contributed by atoms with Gasteiger partial charge in [0, 0.05) is 22.3 Å². The van der Waals surface area contributed by atoms with Crippen LogP contribution < -0.4 is 9.04 Å². The van der Waals surface area contributed by atoms with E-state index in [0.29, 0.717) is 11.1 Å². The van der Waals surface area contributed by atoms with Gasteiger partial charge in [-0.1, -0.05) is 17.7 Å². The molecule has 0 amide bonds. The van der Waals surface area contributed by atoms with Crippen LogP contribution in [0.25, 0.3) is 10.8 Å². The summed E-state index contributed by atoms with van der Waals surface area (Å²) in [4.78, 5) is 7.75. The average Bonchev–Trinajstić information content (AvgIpc) is 3.29. The molecule has 4 rings (SSSR count). The van der Waals surface area contributed by atoms with Gasteiger partial charge in [0.05, 0.1) is 24.7 Å². The van der Waals surface area contributed by atoms with Crippen molar-refractivity contribution in [2.45, 2.75) is 18.4 Å². The van der Waals surface area contributed by atoms with Gasteiger partial charge in [-0.25, -0.2) is 27.1 Å². The van der Waals surface area contributed by atoms with Crippen LogP contribution in [-0.2, 0) is 16.6 Å². The van der Waals surface area contributed by atoms with Crippen molar-refractivity contribution in [1.82, 2.24) is 14.3 Å². The summed E-state index contributed by atoms with van der Waals surface area (Å²) in [7, 11) is -2.53. The summed E-state index contributed by atoms with van der Waals surface area (Å²) in [5, 5.41) is 0.687. The summed E-state index contributed by atoms with van der Waals surface area (Å²) in [5.41, 5.74) is 1.62. The monoisotopic (exact) mass is 478 g/mol. The molecule has 0 aliphatic rings. The fourth-order valence-electron chi connectivity index (χ4n) is 3.10. The minimum atomic E-state index is -4.10. The van der Waals surface area contributed by atoms with E-state index < -0.39 is 15.8 Å². The molecule has 0 saturated heterocycles. The molecule has 0 radical (unpaired) electrons. The predicted octanol–water partition coefficient (Wildman–Crippen LogP) is 4.59. The molecule has 31 heavy (non-hydrogen) atoms. The SMILES string of the molecule is COc1ccc(CN(c2ncns2)S(=O)(=O)c2ccc3c(Cl)ncc(F)c3c2)c(C)c1. The van der Waals surface area contributed by atoms with Crippen LogP contribution in [0.3, 0.4) is 0 Å². The first-order valence-corrected chi connectivity index (χ1v) is 11.6. The molecule has 0 atom stereocenters. The number of halogens is 2. The van der Waals surface area contributed by atoms with E-state index in [0.717, 1.165) is 33.2 Å². The minimum absolute atomic E-state index is 0.0188. The number of anilines is 1. The van der Waals surface area contributed by atoms with Crippen LogP contribution in [0.2, 0.25) is 5.15 Å². The second-order valence-corrected chi connectivity index (χ2v) is 9.61. The number of hydrogen-bond donors (Lipinski definition) is 0. The zero-order valence-corrected chi connectivity index (χ0v) is 18.8. The Bertz CT molecular complexity index is 1360. The topological polar surface area (TPSA) is 85.3 Å². The smallest absolute Gasteiger partial charge is 0.266 e. The third-order valence-electron chi connectivity index (χ3n) is 4.78. The van der Waals surface area contributed by atoms with Gasteiger partial charge in [0.1, 0.15) is 23.0 Å². The van der Waals surface area contributed by atoms with Crippen LogP contribution in [0, 0.1) is 12.7 Å². The molecule has 0 unspecified atom stereocenters. The maximum absolute atomic E-state index is 14.3. The van der Waals surface area contributed by atoms with Crippen LogP contribution in [0.4, 0.5) is 9.52 Å². The van der Waals surface area contributed by atoms with Crippen molar-refractivity contribution >= 4 is 49.1 Å². The molecule has 2 heterocycles. The van der Waals surface area contributed by atoms with Crippen molar-refractivity contribution < 1.29 is 17.5 Å². The van der Waals surface area contributed by atoms with E-state index in [4.69, 9.17) is 16.3 Å². The quantitative estimate of drug-likeness (QED) is 0.377. The van der Waals surface area contributed by atoms with E-state index in [2.05, 4.69) is 14.3 Å². The molecule has 0 fully saturated rings. The van der Waals surface area contributed by atoms with E-state index in [1.807, 2.05) is 13.0 Å². The number of ether oxygens (including phenoxy) is 1. The number of benzene rings is 2. The summed E-state index contributed by atoms with van der Waals surface area (Å²) in [6.45, 7) is 1.88. The van der Waals surface area contributed by atoms with Crippen molar-refractivity contribution in [2.24, 2.45) is 0 Å². The van der Waals surface area contributed by atoms with Crippen molar-refractivity contribution in [3.8, 4) is 5.75 Å². The largest absolute Gasteiger partial charge is 0.497 e. The fraction of sp³-hybridized carbons (Fsp3) is 0.150. The number of methoxy groups -OCH3 is 1. The van der Waals surface area contributed by atoms with Gasteiger partial charge in [-0.05, 0) is 48.4 Å². The van der Waals surface area contributed by atoms with Crippen LogP contribution in [0.5, 0.6) is 5.75 Å². The van der Waals surface area contributed by atoms with Crippen LogP contribution in [0.1, 0.15) is 11.1 Å². The summed E-state index contributed by atoms with van der Waals surface area (Å²) in [6, 6.07) is 9.44. The molecule has 4 aromatic rings. The average molecular weight is 479 g/mol. The van der Waals surface area contributed by atoms with E-state index >= 15 is 0 Å². The maximum Gasteiger partial charge on any atom is 0.266 e. The van der Waals surface area contributed by atoms with E-state index in [-0.39, 0.29) is 27.1 Å². The number of aryl methyl sites for hydroxylation is 1. The second kappa shape index (κ2) is 8.37. The highest BCUT2D eigenvalue weighted by Gasteiger charge is 2.28. The second-order valence-electron chi connectivity index (χ2n) is 6.63. The van der Waals surface area contributed by atoms with Gasteiger partial charge in [-0.3, -0.25) is 0 Å². The number of aromatic nitrogens is 3. The Hall–Kier alpha value is -2.82. The third kappa shape index (κ3) is 4.06. The summed E-state index contributed by atoms with van der Waals surface area (Å²) >= 11 is 6.97. The van der Waals surface area contributed by atoms with Crippen molar-refractivity contribution in [3.63, 3.8) is 0 Å². The highest BCUT2D eigenvalue weighted by atomic mass is 35.5. The molecule has 0 spiro atoms. The first-order chi connectivity index (χ1) is 14.8. The highest BCUT2D eigenvalue weighted by molar-refractivity contribution is 7.93. The lowest BCUT2D eigenvalue weighted by Gasteiger charge is -2.22. The Morgan fingerprint density at radius 3 is 2.65 bits per heavy atom.